The monoisotopic (exact) mass is 1300 g/mol. The molecule has 0 atom stereocenters. The first-order chi connectivity index (χ1) is 39.9. The molecule has 0 aliphatic heterocycles. The summed E-state index contributed by atoms with van der Waals surface area (Å²) in [5, 5.41) is 84.8. The molecule has 1 aromatic heterocycles. The lowest BCUT2D eigenvalue weighted by molar-refractivity contribution is -0.384. The van der Waals surface area contributed by atoms with E-state index < -0.39 is 198 Å². The number of nitro groups is 1. The highest BCUT2D eigenvalue weighted by molar-refractivity contribution is 7.87. The number of aromatic nitrogens is 2. The molecule has 11 N–H and O–H groups in total. The largest absolute Gasteiger partial charge is 0.505 e. The Morgan fingerprint density at radius 3 is 1.80 bits per heavy atom. The van der Waals surface area contributed by atoms with Gasteiger partial charge in [-0.25, -0.2) is 4.79 Å². The number of phenolic OH excluding ortho intramolecular Hbond substituents is 2. The van der Waals surface area contributed by atoms with E-state index >= 15 is 0 Å². The summed E-state index contributed by atoms with van der Waals surface area (Å²) < 4.78 is 182. The molecule has 0 aliphatic rings. The number of hydrogen-bond donors (Lipinski definition) is 10. The Morgan fingerprint density at radius 2 is 1.21 bits per heavy atom. The summed E-state index contributed by atoms with van der Waals surface area (Å²) in [5.41, 5.74) is -2.24. The van der Waals surface area contributed by atoms with Crippen molar-refractivity contribution in [3.63, 3.8) is 0 Å². The number of anilines is 1. The number of carboxylic acids is 1. The maximum absolute atomic E-state index is 13.1. The van der Waals surface area contributed by atoms with Crippen molar-refractivity contribution < 1.29 is 105 Å². The molecule has 86 heavy (non-hydrogen) atoms. The molecule has 0 unspecified atom stereocenters. The molecule has 1 heterocycles. The summed E-state index contributed by atoms with van der Waals surface area (Å²) in [6.45, 7) is 1.10. The molecule has 446 valence electrons. The molecule has 8 aromatic rings. The topological polar surface area (TPSA) is 582 Å². The summed E-state index contributed by atoms with van der Waals surface area (Å²) in [7, 11) is -26.8. The lowest BCUT2D eigenvalue weighted by Crippen LogP contribution is -2.04. The van der Waals surface area contributed by atoms with E-state index in [-0.39, 0.29) is 17.7 Å². The molecule has 0 fully saturated rings. The molecule has 8 rings (SSSR count). The SMILES string of the molecule is Cc1cc(S(=O)(=O)O)cc(Cl)c1-n1nc(OC=O)c(N=Nc2ccc(N=Nc3c(S(=O)(=O)O)cc4c(S(=O)(=O)O)c(N=Nc5cc(S(=O)(=O)O)c6ccc(N=Nc7cc([N+](=O)[O-])ccc7C(=O)O)c(O)c6c5N)ccc4c3O)cc2S(=O)(=O)O)c1O. The summed E-state index contributed by atoms with van der Waals surface area (Å²) in [6.07, 6.45) is 0. The van der Waals surface area contributed by atoms with Crippen LogP contribution in [0.25, 0.3) is 27.2 Å². The molecule has 36 nitrogen and oxygen atoms in total. The molecule has 0 amide bonds. The minimum atomic E-state index is -5.69. The average Bonchev–Trinajstić information content (AvgIpc) is 1.32. The van der Waals surface area contributed by atoms with Gasteiger partial charge in [-0.2, -0.15) is 51.9 Å². The van der Waals surface area contributed by atoms with Crippen molar-refractivity contribution >= 4 is 153 Å². The van der Waals surface area contributed by atoms with Gasteiger partial charge in [-0.15, -0.1) is 40.9 Å². The molecular formula is C44H29ClN12O24S5. The van der Waals surface area contributed by atoms with Crippen LogP contribution in [0.1, 0.15) is 15.9 Å². The molecule has 0 spiro atoms. The molecule has 42 heteroatoms. The number of carbonyl (C=O) groups is 2. The van der Waals surface area contributed by atoms with Crippen LogP contribution in [0.2, 0.25) is 5.02 Å². The smallest absolute Gasteiger partial charge is 0.337 e. The number of nitro benzene ring substituents is 1. The van der Waals surface area contributed by atoms with Gasteiger partial charge in [-0.05, 0) is 79.2 Å². The molecule has 0 bridgehead atoms. The second-order valence-electron chi connectivity index (χ2n) is 17.0. The number of rotatable bonds is 18. The number of carbonyl (C=O) groups excluding carboxylic acids is 1. The molecule has 0 saturated heterocycles. The average molecular weight is 1310 g/mol. The third kappa shape index (κ3) is 12.3. The van der Waals surface area contributed by atoms with Crippen molar-refractivity contribution in [1.82, 2.24) is 9.78 Å². The van der Waals surface area contributed by atoms with Crippen LogP contribution in [0.3, 0.4) is 0 Å². The van der Waals surface area contributed by atoms with Crippen molar-refractivity contribution in [2.45, 2.75) is 31.4 Å². The lowest BCUT2D eigenvalue weighted by atomic mass is 10.1. The Morgan fingerprint density at radius 1 is 0.628 bits per heavy atom. The number of nitrogens with two attached hydrogens (primary N) is 1. The number of ether oxygens (including phenoxy) is 1. The highest BCUT2D eigenvalue weighted by atomic mass is 35.5. The molecule has 0 aliphatic carbocycles. The van der Waals surface area contributed by atoms with Gasteiger partial charge in [0.05, 0.1) is 42.9 Å². The van der Waals surface area contributed by atoms with E-state index in [1.54, 1.807) is 0 Å². The van der Waals surface area contributed by atoms with Crippen molar-refractivity contribution in [3.8, 4) is 28.9 Å². The maximum Gasteiger partial charge on any atom is 0.337 e. The van der Waals surface area contributed by atoms with Gasteiger partial charge in [0.25, 0.3) is 68.6 Å². The van der Waals surface area contributed by atoms with Crippen LogP contribution in [-0.2, 0) is 55.4 Å². The number of benzene rings is 7. The van der Waals surface area contributed by atoms with Crippen LogP contribution in [0.5, 0.6) is 23.3 Å². The number of aromatic carboxylic acids is 1. The van der Waals surface area contributed by atoms with Gasteiger partial charge < -0.3 is 30.9 Å². The van der Waals surface area contributed by atoms with E-state index in [0.29, 0.717) is 28.9 Å². The second kappa shape index (κ2) is 22.6. The number of nitrogens with zero attached hydrogens (tertiary/aromatic N) is 11. The van der Waals surface area contributed by atoms with E-state index in [4.69, 9.17) is 22.1 Å². The number of hydrogen-bond acceptors (Lipinski definition) is 28. The highest BCUT2D eigenvalue weighted by Gasteiger charge is 2.30. The number of nitrogen functional groups attached to an aromatic ring is 1. The van der Waals surface area contributed by atoms with E-state index in [1.807, 2.05) is 0 Å². The zero-order valence-corrected chi connectivity index (χ0v) is 46.6. The zero-order valence-electron chi connectivity index (χ0n) is 41.7. The van der Waals surface area contributed by atoms with Gasteiger partial charge in [-0.3, -0.25) is 37.7 Å². The molecular weight excluding hydrogens is 1280 g/mol. The predicted octanol–water partition coefficient (Wildman–Crippen LogP) is 8.88. The normalized spacial score (nSPS) is 12.8. The number of aromatic hydroxyl groups is 3. The van der Waals surface area contributed by atoms with Gasteiger partial charge in [0.15, 0.2) is 11.5 Å². The number of phenols is 2. The van der Waals surface area contributed by atoms with Gasteiger partial charge in [0.1, 0.15) is 53.7 Å². The highest BCUT2D eigenvalue weighted by Crippen LogP contribution is 2.49. The minimum Gasteiger partial charge on any atom is -0.505 e. The third-order valence-electron chi connectivity index (χ3n) is 11.6. The molecule has 0 saturated carbocycles. The van der Waals surface area contributed by atoms with Gasteiger partial charge >= 0.3 is 5.97 Å². The fourth-order valence-electron chi connectivity index (χ4n) is 7.92. The fourth-order valence-corrected chi connectivity index (χ4v) is 11.7. The van der Waals surface area contributed by atoms with Crippen LogP contribution in [0.4, 0.5) is 56.9 Å². The van der Waals surface area contributed by atoms with Gasteiger partial charge in [-0.1, -0.05) is 17.7 Å². The Bertz CT molecular complexity index is 5040. The van der Waals surface area contributed by atoms with Crippen molar-refractivity contribution in [1.29, 1.82) is 0 Å². The van der Waals surface area contributed by atoms with Crippen LogP contribution in [0.15, 0.2) is 150 Å². The van der Waals surface area contributed by atoms with Crippen molar-refractivity contribution in [2.24, 2.45) is 40.9 Å². The number of aryl methyl sites for hydroxylation is 1. The summed E-state index contributed by atoms with van der Waals surface area (Å²) in [4.78, 5) is 27.9. The standard InChI is InChI=1S/C44H29ClN12O24S5/c1-17-10-20(82(66,67)68)13-25(45)38(17)56-43(61)37(42(55-56)81-16-58)54-48-26-7-2-18(11-32(26)84(72,73)74)47-53-36-33(85(75,76)77)14-24-21(39(36)59)5-9-28(41(24)86(78,79)80)50-52-30-15-31(83(69,70)71)23-6-8-27(40(60)34(23)35(30)46)49-51-29-12-19(57(64)65)3-4-22(29)44(62)63/h2-16,59-61H,46H2,1H3,(H,62,63)(H,66,67,68)(H,69,70,71)(H,72,73,74)(H,75,76,77)(H,78,79,80). The Kier molecular flexibility index (Phi) is 16.3. The first kappa shape index (κ1) is 62.1. The number of carboxylic acid groups (broad SMARTS) is 1. The van der Waals surface area contributed by atoms with E-state index in [0.717, 1.165) is 60.7 Å². The number of non-ortho nitro benzene ring substituents is 1. The first-order valence-electron chi connectivity index (χ1n) is 22.3. The number of fused-ring (bicyclic) bond motifs is 2. The van der Waals surface area contributed by atoms with Crippen molar-refractivity contribution in [3.05, 3.63) is 111 Å². The second-order valence-corrected chi connectivity index (χ2v) is 24.4. The lowest BCUT2D eigenvalue weighted by Gasteiger charge is -2.13. The predicted molar refractivity (Wildman–Crippen MR) is 290 cm³/mol. The van der Waals surface area contributed by atoms with E-state index in [2.05, 4.69) is 46.0 Å². The van der Waals surface area contributed by atoms with Crippen molar-refractivity contribution in [2.75, 3.05) is 5.73 Å². The quantitative estimate of drug-likeness (QED) is 0.00956. The Balaban J connectivity index is 1.20. The minimum absolute atomic E-state index is 0.0385. The van der Waals surface area contributed by atoms with Crippen LogP contribution in [-0.4, -0.2) is 112 Å². The van der Waals surface area contributed by atoms with E-state index in [9.17, 15) is 105 Å². The first-order valence-corrected chi connectivity index (χ1v) is 29.8. The number of halogens is 1. The Hall–Kier alpha value is -9.95. The van der Waals surface area contributed by atoms with Crippen LogP contribution >= 0.6 is 11.6 Å². The molecule has 0 radical (unpaired) electrons. The Labute approximate surface area is 483 Å². The van der Waals surface area contributed by atoms with E-state index in [1.165, 1.54) is 6.92 Å². The summed E-state index contributed by atoms with van der Waals surface area (Å²) in [5.74, 6) is -5.77. The van der Waals surface area contributed by atoms with Crippen LogP contribution in [0, 0.1) is 17.0 Å². The summed E-state index contributed by atoms with van der Waals surface area (Å²) >= 11 is 6.23. The third-order valence-corrected chi connectivity index (χ3v) is 16.3. The maximum atomic E-state index is 13.1. The fraction of sp³-hybridized carbons (Fsp3) is 0.0227. The van der Waals surface area contributed by atoms with Crippen LogP contribution < -0.4 is 10.5 Å². The number of azo groups is 4. The van der Waals surface area contributed by atoms with Gasteiger partial charge in [0, 0.05) is 28.3 Å². The molecule has 7 aromatic carbocycles. The summed E-state index contributed by atoms with van der Waals surface area (Å²) in [6, 6.07) is 10.6. The van der Waals surface area contributed by atoms with Gasteiger partial charge in [0.2, 0.25) is 11.6 Å². The zero-order chi connectivity index (χ0) is 63.5.